The second-order valence-corrected chi connectivity index (χ2v) is 7.85. The Bertz CT molecular complexity index is 595. The fraction of sp³-hybridized carbons (Fsp3) is 0.714. The maximum absolute atomic E-state index is 12.1. The summed E-state index contributed by atoms with van der Waals surface area (Å²) in [6, 6.07) is 3.22. The van der Waals surface area contributed by atoms with Crippen molar-refractivity contribution in [1.82, 2.24) is 14.9 Å². The second kappa shape index (κ2) is 6.47. The van der Waals surface area contributed by atoms with Crippen molar-refractivity contribution in [2.45, 2.75) is 24.3 Å². The number of aromatic nitrogens is 2. The van der Waals surface area contributed by atoms with Gasteiger partial charge in [0.15, 0.2) is 10.8 Å². The monoisotopic (exact) mass is 326 g/mol. The Morgan fingerprint density at radius 2 is 2.09 bits per heavy atom. The third kappa shape index (κ3) is 3.93. The number of nitrogens with zero attached hydrogens (tertiary/aromatic N) is 3. The molecule has 1 aromatic rings. The highest BCUT2D eigenvalue weighted by Gasteiger charge is 2.25. The lowest BCUT2D eigenvalue weighted by Crippen LogP contribution is -2.28. The zero-order valence-corrected chi connectivity index (χ0v) is 13.6. The summed E-state index contributed by atoms with van der Waals surface area (Å²) in [6.07, 6.45) is 3.25. The molecular weight excluding hydrogens is 304 g/mol. The van der Waals surface area contributed by atoms with Crippen LogP contribution in [0.4, 0.5) is 5.82 Å². The molecule has 0 bridgehead atoms. The van der Waals surface area contributed by atoms with Crippen molar-refractivity contribution >= 4 is 15.8 Å². The van der Waals surface area contributed by atoms with Crippen LogP contribution in [0.15, 0.2) is 17.2 Å². The predicted molar refractivity (Wildman–Crippen MR) is 82.1 cm³/mol. The van der Waals surface area contributed by atoms with Gasteiger partial charge >= 0.3 is 0 Å². The Morgan fingerprint density at radius 3 is 2.68 bits per heavy atom. The molecule has 0 amide bonds. The van der Waals surface area contributed by atoms with E-state index in [0.29, 0.717) is 24.2 Å². The number of sulfonamides is 1. The van der Waals surface area contributed by atoms with Crippen molar-refractivity contribution in [2.24, 2.45) is 11.8 Å². The van der Waals surface area contributed by atoms with E-state index >= 15 is 0 Å². The second-order valence-electron chi connectivity index (χ2n) is 6.14. The average molecular weight is 326 g/mol. The molecule has 1 aromatic heterocycles. The molecule has 1 N–H and O–H groups in total. The molecule has 8 heteroatoms. The highest BCUT2D eigenvalue weighted by molar-refractivity contribution is 7.89. The first kappa shape index (κ1) is 15.6. The molecule has 3 rings (SSSR count). The van der Waals surface area contributed by atoms with Crippen LogP contribution in [0.1, 0.15) is 19.3 Å². The maximum atomic E-state index is 12.1. The standard InChI is InChI=1S/C14H22N4O3S/c1-18(9-12-6-7-21-10-12)13-4-5-14(17-16-13)22(19,20)15-8-11-2-3-11/h4-5,11-12,15H,2-3,6-10H2,1H3. The van der Waals surface area contributed by atoms with E-state index in [9.17, 15) is 8.42 Å². The highest BCUT2D eigenvalue weighted by atomic mass is 32.2. The van der Waals surface area contributed by atoms with Crippen molar-refractivity contribution in [3.63, 3.8) is 0 Å². The molecule has 7 nitrogen and oxygen atoms in total. The predicted octanol–water partition coefficient (Wildman–Crippen LogP) is 0.638. The van der Waals surface area contributed by atoms with Crippen LogP contribution in [0, 0.1) is 11.8 Å². The van der Waals surface area contributed by atoms with Crippen LogP contribution >= 0.6 is 0 Å². The fourth-order valence-electron chi connectivity index (χ4n) is 2.49. The highest BCUT2D eigenvalue weighted by Crippen LogP contribution is 2.28. The Morgan fingerprint density at radius 1 is 1.27 bits per heavy atom. The number of anilines is 1. The number of hydrogen-bond acceptors (Lipinski definition) is 6. The van der Waals surface area contributed by atoms with Crippen molar-refractivity contribution in [3.8, 4) is 0 Å². The molecule has 122 valence electrons. The zero-order valence-electron chi connectivity index (χ0n) is 12.7. The van der Waals surface area contributed by atoms with Gasteiger partial charge in [-0.2, -0.15) is 0 Å². The van der Waals surface area contributed by atoms with Crippen molar-refractivity contribution in [1.29, 1.82) is 0 Å². The van der Waals surface area contributed by atoms with Gasteiger partial charge in [-0.05, 0) is 37.3 Å². The van der Waals surface area contributed by atoms with Gasteiger partial charge in [-0.15, -0.1) is 10.2 Å². The van der Waals surface area contributed by atoms with E-state index in [-0.39, 0.29) is 5.03 Å². The zero-order chi connectivity index (χ0) is 15.6. The summed E-state index contributed by atoms with van der Waals surface area (Å²) < 4.78 is 32.1. The summed E-state index contributed by atoms with van der Waals surface area (Å²) >= 11 is 0. The molecule has 2 heterocycles. The van der Waals surface area contributed by atoms with E-state index in [1.165, 1.54) is 6.07 Å². The van der Waals surface area contributed by atoms with Crippen LogP contribution in [0.2, 0.25) is 0 Å². The molecule has 0 radical (unpaired) electrons. The molecule has 0 aromatic carbocycles. The average Bonchev–Trinajstić information content (AvgIpc) is 3.21. The number of hydrogen-bond donors (Lipinski definition) is 1. The van der Waals surface area contributed by atoms with Gasteiger partial charge in [-0.3, -0.25) is 0 Å². The molecule has 1 saturated heterocycles. The third-order valence-electron chi connectivity index (χ3n) is 4.11. The Balaban J connectivity index is 1.60. The minimum absolute atomic E-state index is 0.0190. The Kier molecular flexibility index (Phi) is 4.60. The Hall–Kier alpha value is -1.25. The van der Waals surface area contributed by atoms with Gasteiger partial charge in [0.25, 0.3) is 10.0 Å². The van der Waals surface area contributed by atoms with Crippen LogP contribution in [0.25, 0.3) is 0 Å². The van der Waals surface area contributed by atoms with Gasteiger partial charge in [0, 0.05) is 32.7 Å². The van der Waals surface area contributed by atoms with Gasteiger partial charge in [0.05, 0.1) is 6.61 Å². The van der Waals surface area contributed by atoms with E-state index in [0.717, 1.165) is 39.0 Å². The van der Waals surface area contributed by atoms with Crippen molar-refractivity contribution in [3.05, 3.63) is 12.1 Å². The van der Waals surface area contributed by atoms with Gasteiger partial charge in [-0.25, -0.2) is 13.1 Å². The molecule has 2 fully saturated rings. The lowest BCUT2D eigenvalue weighted by molar-refractivity contribution is 0.186. The van der Waals surface area contributed by atoms with Gasteiger partial charge < -0.3 is 9.64 Å². The summed E-state index contributed by atoms with van der Waals surface area (Å²) in [6.45, 7) is 2.91. The number of nitrogens with one attached hydrogen (secondary N) is 1. The minimum atomic E-state index is -3.54. The molecule has 1 saturated carbocycles. The van der Waals surface area contributed by atoms with Crippen LogP contribution in [-0.2, 0) is 14.8 Å². The SMILES string of the molecule is CN(CC1CCOC1)c1ccc(S(=O)(=O)NCC2CC2)nn1. The first-order valence-corrected chi connectivity index (χ1v) is 9.15. The van der Waals surface area contributed by atoms with Crippen molar-refractivity contribution in [2.75, 3.05) is 38.3 Å². The lowest BCUT2D eigenvalue weighted by Gasteiger charge is -2.20. The van der Waals surface area contributed by atoms with Crippen molar-refractivity contribution < 1.29 is 13.2 Å². The van der Waals surface area contributed by atoms with Crippen LogP contribution in [-0.4, -0.2) is 52.0 Å². The minimum Gasteiger partial charge on any atom is -0.381 e. The van der Waals surface area contributed by atoms with E-state index in [1.807, 2.05) is 11.9 Å². The molecule has 2 aliphatic rings. The van der Waals surface area contributed by atoms with Gasteiger partial charge in [0.2, 0.25) is 0 Å². The molecule has 1 aliphatic carbocycles. The van der Waals surface area contributed by atoms with Gasteiger partial charge in [-0.1, -0.05) is 0 Å². The van der Waals surface area contributed by atoms with E-state index in [4.69, 9.17) is 4.74 Å². The fourth-order valence-corrected chi connectivity index (χ4v) is 3.49. The van der Waals surface area contributed by atoms with E-state index in [2.05, 4.69) is 14.9 Å². The normalized spacial score (nSPS) is 22.0. The summed E-state index contributed by atoms with van der Waals surface area (Å²) in [7, 11) is -1.61. The number of rotatable bonds is 7. The maximum Gasteiger partial charge on any atom is 0.259 e. The quantitative estimate of drug-likeness (QED) is 0.791. The molecule has 22 heavy (non-hydrogen) atoms. The summed E-state index contributed by atoms with van der Waals surface area (Å²) in [5.74, 6) is 1.66. The first-order valence-electron chi connectivity index (χ1n) is 7.67. The topological polar surface area (TPSA) is 84.4 Å². The number of ether oxygens (including phenoxy) is 1. The van der Waals surface area contributed by atoms with Crippen LogP contribution in [0.5, 0.6) is 0 Å². The molecule has 1 atom stereocenters. The molecule has 1 aliphatic heterocycles. The largest absolute Gasteiger partial charge is 0.381 e. The lowest BCUT2D eigenvalue weighted by atomic mass is 10.1. The van der Waals surface area contributed by atoms with E-state index in [1.54, 1.807) is 6.07 Å². The molecule has 0 spiro atoms. The molecule has 1 unspecified atom stereocenters. The third-order valence-corrected chi connectivity index (χ3v) is 5.42. The molecular formula is C14H22N4O3S. The van der Waals surface area contributed by atoms with Gasteiger partial charge in [0.1, 0.15) is 0 Å². The summed E-state index contributed by atoms with van der Waals surface area (Å²) in [5.41, 5.74) is 0. The summed E-state index contributed by atoms with van der Waals surface area (Å²) in [4.78, 5) is 1.99. The van der Waals surface area contributed by atoms with Crippen LogP contribution in [0.3, 0.4) is 0 Å². The van der Waals surface area contributed by atoms with Crippen LogP contribution < -0.4 is 9.62 Å². The van der Waals surface area contributed by atoms with E-state index < -0.39 is 10.0 Å². The Labute approximate surface area is 131 Å². The first-order chi connectivity index (χ1) is 10.5. The smallest absolute Gasteiger partial charge is 0.259 e. The summed E-state index contributed by atoms with van der Waals surface area (Å²) in [5, 5.41) is 7.90.